The highest BCUT2D eigenvalue weighted by Gasteiger charge is 2.12. The number of halogens is 1. The van der Waals surface area contributed by atoms with Crippen LogP contribution < -0.4 is 5.69 Å². The van der Waals surface area contributed by atoms with Crippen LogP contribution in [0.5, 0.6) is 0 Å². The predicted octanol–water partition coefficient (Wildman–Crippen LogP) is 2.31. The number of aromatic amines is 1. The van der Waals surface area contributed by atoms with Crippen molar-refractivity contribution >= 4 is 23.4 Å². The van der Waals surface area contributed by atoms with Crippen molar-refractivity contribution in [3.05, 3.63) is 27.5 Å². The van der Waals surface area contributed by atoms with Gasteiger partial charge < -0.3 is 0 Å². The zero-order valence-corrected chi connectivity index (χ0v) is 12.4. The summed E-state index contributed by atoms with van der Waals surface area (Å²) in [6, 6.07) is 1.66. The Morgan fingerprint density at radius 1 is 1.47 bits per heavy atom. The number of aromatic nitrogens is 5. The Labute approximate surface area is 119 Å². The van der Waals surface area contributed by atoms with Gasteiger partial charge in [0.2, 0.25) is 0 Å². The van der Waals surface area contributed by atoms with Crippen LogP contribution in [0.1, 0.15) is 32.5 Å². The third kappa shape index (κ3) is 3.16. The minimum Gasteiger partial charge on any atom is -0.270 e. The van der Waals surface area contributed by atoms with E-state index in [1.165, 1.54) is 16.3 Å². The molecule has 0 fully saturated rings. The summed E-state index contributed by atoms with van der Waals surface area (Å²) in [5.41, 5.74) is -0.228. The molecule has 0 bridgehead atoms. The van der Waals surface area contributed by atoms with Crippen molar-refractivity contribution in [3.63, 3.8) is 0 Å². The molecule has 6 nitrogen and oxygen atoms in total. The predicted molar refractivity (Wildman–Crippen MR) is 73.8 cm³/mol. The van der Waals surface area contributed by atoms with Gasteiger partial charge in [0.15, 0.2) is 5.16 Å². The van der Waals surface area contributed by atoms with Crippen molar-refractivity contribution < 1.29 is 0 Å². The van der Waals surface area contributed by atoms with Gasteiger partial charge in [-0.25, -0.2) is 19.9 Å². The van der Waals surface area contributed by atoms with Crippen LogP contribution in [-0.2, 0) is 6.54 Å². The molecule has 0 unspecified atom stereocenters. The number of hydrogen-bond acceptors (Lipinski definition) is 5. The fraction of sp³-hybridized carbons (Fsp3) is 0.455. The van der Waals surface area contributed by atoms with E-state index in [0.717, 1.165) is 0 Å². The van der Waals surface area contributed by atoms with Gasteiger partial charge in [-0.1, -0.05) is 25.4 Å². The SMILES string of the molecule is CCn1c(Sc2cc(Cl)nc(C(C)C)n2)n[nH]c1=O. The Kier molecular flexibility index (Phi) is 4.26. The van der Waals surface area contributed by atoms with E-state index < -0.39 is 0 Å². The molecule has 0 aliphatic rings. The molecule has 2 aromatic heterocycles. The van der Waals surface area contributed by atoms with Crippen LogP contribution in [0.25, 0.3) is 0 Å². The summed E-state index contributed by atoms with van der Waals surface area (Å²) < 4.78 is 1.54. The van der Waals surface area contributed by atoms with Crippen molar-refractivity contribution in [1.82, 2.24) is 24.7 Å². The lowest BCUT2D eigenvalue weighted by molar-refractivity contribution is 0.659. The first-order valence-electron chi connectivity index (χ1n) is 5.88. The summed E-state index contributed by atoms with van der Waals surface area (Å²) in [4.78, 5) is 20.1. The van der Waals surface area contributed by atoms with Crippen LogP contribution in [0.4, 0.5) is 0 Å². The Hall–Kier alpha value is -1.34. The van der Waals surface area contributed by atoms with Crippen LogP contribution in [0.2, 0.25) is 5.15 Å². The summed E-state index contributed by atoms with van der Waals surface area (Å²) in [6.45, 7) is 6.42. The first kappa shape index (κ1) is 14.1. The van der Waals surface area contributed by atoms with Gasteiger partial charge in [-0.15, -0.1) is 5.10 Å². The van der Waals surface area contributed by atoms with Crippen molar-refractivity contribution in [3.8, 4) is 0 Å². The molecule has 0 saturated carbocycles. The first-order valence-corrected chi connectivity index (χ1v) is 7.08. The standard InChI is InChI=1S/C11H14ClN5OS/c1-4-17-10(18)15-16-11(17)19-8-5-7(12)13-9(14-8)6(2)3/h5-6H,4H2,1-3H3,(H,15,18). The Bertz CT molecular complexity index is 636. The van der Waals surface area contributed by atoms with E-state index in [1.54, 1.807) is 6.07 Å². The van der Waals surface area contributed by atoms with Crippen molar-refractivity contribution in [2.24, 2.45) is 0 Å². The normalized spacial score (nSPS) is 11.2. The molecule has 0 saturated heterocycles. The first-order chi connectivity index (χ1) is 9.01. The summed E-state index contributed by atoms with van der Waals surface area (Å²) in [6.07, 6.45) is 0. The van der Waals surface area contributed by atoms with Gasteiger partial charge in [0.25, 0.3) is 0 Å². The van der Waals surface area contributed by atoms with Crippen LogP contribution in [0, 0.1) is 0 Å². The minimum atomic E-state index is -0.228. The maximum Gasteiger partial charge on any atom is 0.343 e. The van der Waals surface area contributed by atoms with E-state index in [-0.39, 0.29) is 11.6 Å². The second kappa shape index (κ2) is 5.75. The second-order valence-corrected chi connectivity index (χ2v) is 5.57. The van der Waals surface area contributed by atoms with Crippen LogP contribution in [0.15, 0.2) is 21.0 Å². The van der Waals surface area contributed by atoms with Crippen LogP contribution in [0.3, 0.4) is 0 Å². The maximum atomic E-state index is 11.5. The van der Waals surface area contributed by atoms with Crippen molar-refractivity contribution in [1.29, 1.82) is 0 Å². The number of rotatable bonds is 4. The average molecular weight is 300 g/mol. The summed E-state index contributed by atoms with van der Waals surface area (Å²) in [5.74, 6) is 0.863. The molecule has 2 heterocycles. The Balaban J connectivity index is 2.35. The van der Waals surface area contributed by atoms with Crippen LogP contribution in [-0.4, -0.2) is 24.7 Å². The van der Waals surface area contributed by atoms with E-state index in [0.29, 0.717) is 27.7 Å². The molecule has 0 spiro atoms. The van der Waals surface area contributed by atoms with Crippen molar-refractivity contribution in [2.45, 2.75) is 43.4 Å². The monoisotopic (exact) mass is 299 g/mol. The van der Waals surface area contributed by atoms with E-state index in [2.05, 4.69) is 20.2 Å². The summed E-state index contributed by atoms with van der Waals surface area (Å²) in [7, 11) is 0. The molecule has 102 valence electrons. The van der Waals surface area contributed by atoms with Gasteiger partial charge in [-0.2, -0.15) is 0 Å². The molecule has 0 atom stereocenters. The Morgan fingerprint density at radius 3 is 2.84 bits per heavy atom. The van der Waals surface area contributed by atoms with Gasteiger partial charge in [-0.3, -0.25) is 4.57 Å². The van der Waals surface area contributed by atoms with E-state index >= 15 is 0 Å². The molecular weight excluding hydrogens is 286 g/mol. The molecule has 19 heavy (non-hydrogen) atoms. The lowest BCUT2D eigenvalue weighted by Gasteiger charge is -2.07. The molecular formula is C11H14ClN5OS. The highest BCUT2D eigenvalue weighted by molar-refractivity contribution is 7.99. The zero-order valence-electron chi connectivity index (χ0n) is 10.8. The largest absolute Gasteiger partial charge is 0.343 e. The molecule has 0 aliphatic carbocycles. The summed E-state index contributed by atoms with van der Waals surface area (Å²) >= 11 is 7.27. The van der Waals surface area contributed by atoms with Crippen molar-refractivity contribution in [2.75, 3.05) is 0 Å². The highest BCUT2D eigenvalue weighted by atomic mass is 35.5. The lowest BCUT2D eigenvalue weighted by Crippen LogP contribution is -2.16. The fourth-order valence-corrected chi connectivity index (χ4v) is 2.64. The fourth-order valence-electron chi connectivity index (χ4n) is 1.48. The quantitative estimate of drug-likeness (QED) is 0.877. The number of hydrogen-bond donors (Lipinski definition) is 1. The molecule has 0 radical (unpaired) electrons. The van der Waals surface area contributed by atoms with Crippen LogP contribution >= 0.6 is 23.4 Å². The van der Waals surface area contributed by atoms with Gasteiger partial charge in [0, 0.05) is 18.5 Å². The summed E-state index contributed by atoms with van der Waals surface area (Å²) in [5, 5.41) is 8.03. The second-order valence-electron chi connectivity index (χ2n) is 4.20. The maximum absolute atomic E-state index is 11.5. The Morgan fingerprint density at radius 2 is 2.21 bits per heavy atom. The molecule has 0 amide bonds. The van der Waals surface area contributed by atoms with E-state index in [9.17, 15) is 4.79 Å². The van der Waals surface area contributed by atoms with E-state index in [1.807, 2.05) is 20.8 Å². The van der Waals surface area contributed by atoms with E-state index in [4.69, 9.17) is 11.6 Å². The smallest absolute Gasteiger partial charge is 0.270 e. The minimum absolute atomic E-state index is 0.186. The van der Waals surface area contributed by atoms with Gasteiger partial charge in [0.1, 0.15) is 16.0 Å². The third-order valence-electron chi connectivity index (χ3n) is 2.44. The molecule has 2 rings (SSSR count). The molecule has 2 aromatic rings. The van der Waals surface area contributed by atoms with Gasteiger partial charge in [-0.05, 0) is 18.7 Å². The topological polar surface area (TPSA) is 76.5 Å². The average Bonchev–Trinajstić information content (AvgIpc) is 2.69. The molecule has 0 aromatic carbocycles. The zero-order chi connectivity index (χ0) is 14.0. The molecule has 8 heteroatoms. The number of nitrogens with zero attached hydrogens (tertiary/aromatic N) is 4. The lowest BCUT2D eigenvalue weighted by atomic mass is 10.2. The van der Waals surface area contributed by atoms with Gasteiger partial charge in [0.05, 0.1) is 0 Å². The molecule has 0 aliphatic heterocycles. The third-order valence-corrected chi connectivity index (χ3v) is 3.55. The number of H-pyrrole nitrogens is 1. The number of nitrogens with one attached hydrogen (secondary N) is 1. The molecule has 1 N–H and O–H groups in total. The van der Waals surface area contributed by atoms with Gasteiger partial charge >= 0.3 is 5.69 Å². The highest BCUT2D eigenvalue weighted by Crippen LogP contribution is 2.26.